The minimum atomic E-state index is -1.26. The van der Waals surface area contributed by atoms with E-state index in [0.29, 0.717) is 47.5 Å². The van der Waals surface area contributed by atoms with Gasteiger partial charge in [-0.2, -0.15) is 0 Å². The summed E-state index contributed by atoms with van der Waals surface area (Å²) in [6, 6.07) is 10.7. The van der Waals surface area contributed by atoms with Gasteiger partial charge in [0.25, 0.3) is 0 Å². The van der Waals surface area contributed by atoms with Crippen LogP contribution in [0.5, 0.6) is 5.75 Å². The van der Waals surface area contributed by atoms with Crippen molar-refractivity contribution in [3.8, 4) is 5.75 Å². The van der Waals surface area contributed by atoms with E-state index in [0.717, 1.165) is 16.7 Å². The summed E-state index contributed by atoms with van der Waals surface area (Å²) in [7, 11) is 3.97. The molecule has 0 spiro atoms. The highest BCUT2D eigenvalue weighted by molar-refractivity contribution is 6.42. The van der Waals surface area contributed by atoms with Gasteiger partial charge in [0.15, 0.2) is 0 Å². The predicted octanol–water partition coefficient (Wildman–Crippen LogP) is 3.64. The molecule has 1 amide bonds. The molecule has 0 fully saturated rings. The Hall–Kier alpha value is -3.07. The second kappa shape index (κ2) is 12.4. The van der Waals surface area contributed by atoms with E-state index < -0.39 is 11.9 Å². The Labute approximate surface area is 207 Å². The van der Waals surface area contributed by atoms with E-state index in [4.69, 9.17) is 33.4 Å². The topological polar surface area (TPSA) is 118 Å². The molecule has 3 rings (SSSR count). The van der Waals surface area contributed by atoms with Crippen molar-refractivity contribution in [2.75, 3.05) is 27.2 Å². The summed E-state index contributed by atoms with van der Waals surface area (Å²) in [5.41, 5.74) is 2.81. The molecule has 0 saturated heterocycles. The average Bonchev–Trinajstić information content (AvgIpc) is 2.75. The fourth-order valence-corrected chi connectivity index (χ4v) is 3.96. The summed E-state index contributed by atoms with van der Waals surface area (Å²) < 4.78 is 0. The Balaban J connectivity index is 0.000000440. The standard InChI is InChI=1S/C20H22Cl2N2O2.C4H4O4/c1-23(2)12-18-14-4-3-5-19(25)15(14)8-9-24(18)20(26)11-13-6-7-16(21)17(22)10-13;5-3(6)1-2-4(7)8/h3-7,10,18,25H,8-9,11-12H2,1-2H3;1-2H,(H,5,6)(H,7,8)/b;2-1+. The molecule has 0 radical (unpaired) electrons. The van der Waals surface area contributed by atoms with Gasteiger partial charge in [0.2, 0.25) is 5.91 Å². The minimum absolute atomic E-state index is 0.0456. The molecule has 2 aromatic carbocycles. The number of aliphatic carboxylic acids is 2. The summed E-state index contributed by atoms with van der Waals surface area (Å²) in [5.74, 6) is -2.16. The highest BCUT2D eigenvalue weighted by Gasteiger charge is 2.32. The molecule has 1 unspecified atom stereocenters. The van der Waals surface area contributed by atoms with Crippen LogP contribution in [0.3, 0.4) is 0 Å². The van der Waals surface area contributed by atoms with Crippen LogP contribution in [0.1, 0.15) is 22.7 Å². The lowest BCUT2D eigenvalue weighted by Crippen LogP contribution is -2.44. The molecule has 3 N–H and O–H groups in total. The Morgan fingerprint density at radius 1 is 1.06 bits per heavy atom. The lowest BCUT2D eigenvalue weighted by molar-refractivity contribution is -0.134. The Kier molecular flexibility index (Phi) is 9.92. The van der Waals surface area contributed by atoms with Gasteiger partial charge < -0.3 is 25.1 Å². The quantitative estimate of drug-likeness (QED) is 0.509. The van der Waals surface area contributed by atoms with Crippen molar-refractivity contribution >= 4 is 41.0 Å². The minimum Gasteiger partial charge on any atom is -0.508 e. The molecule has 1 aliphatic rings. The van der Waals surface area contributed by atoms with Crippen molar-refractivity contribution in [1.82, 2.24) is 9.80 Å². The van der Waals surface area contributed by atoms with Crippen molar-refractivity contribution in [2.45, 2.75) is 18.9 Å². The molecule has 0 bridgehead atoms. The summed E-state index contributed by atoms with van der Waals surface area (Å²) in [6.07, 6.45) is 2.04. The van der Waals surface area contributed by atoms with Gasteiger partial charge in [-0.3, -0.25) is 4.79 Å². The maximum Gasteiger partial charge on any atom is 0.328 e. The van der Waals surface area contributed by atoms with Crippen LogP contribution < -0.4 is 0 Å². The van der Waals surface area contributed by atoms with Crippen molar-refractivity contribution < 1.29 is 29.7 Å². The Morgan fingerprint density at radius 2 is 1.71 bits per heavy atom. The molecule has 1 aliphatic heterocycles. The smallest absolute Gasteiger partial charge is 0.328 e. The van der Waals surface area contributed by atoms with Crippen LogP contribution in [-0.4, -0.2) is 70.2 Å². The molecule has 34 heavy (non-hydrogen) atoms. The zero-order valence-electron chi connectivity index (χ0n) is 18.7. The molecule has 1 atom stereocenters. The number of carboxylic acid groups (broad SMARTS) is 2. The van der Waals surface area contributed by atoms with E-state index in [1.165, 1.54) is 0 Å². The Bertz CT molecular complexity index is 1070. The zero-order valence-corrected chi connectivity index (χ0v) is 20.3. The van der Waals surface area contributed by atoms with Gasteiger partial charge in [-0.15, -0.1) is 0 Å². The maximum atomic E-state index is 13.0. The van der Waals surface area contributed by atoms with Gasteiger partial charge in [-0.05, 0) is 49.8 Å². The zero-order chi connectivity index (χ0) is 25.4. The van der Waals surface area contributed by atoms with Gasteiger partial charge in [-0.25, -0.2) is 9.59 Å². The van der Waals surface area contributed by atoms with E-state index >= 15 is 0 Å². The van der Waals surface area contributed by atoms with Gasteiger partial charge in [0.1, 0.15) is 5.75 Å². The van der Waals surface area contributed by atoms with E-state index in [-0.39, 0.29) is 18.4 Å². The second-order valence-corrected chi connectivity index (χ2v) is 8.71. The van der Waals surface area contributed by atoms with Crippen LogP contribution >= 0.6 is 23.2 Å². The number of hydrogen-bond acceptors (Lipinski definition) is 5. The van der Waals surface area contributed by atoms with Crippen LogP contribution in [-0.2, 0) is 27.2 Å². The van der Waals surface area contributed by atoms with Gasteiger partial charge in [0.05, 0.1) is 22.5 Å². The van der Waals surface area contributed by atoms with Gasteiger partial charge >= 0.3 is 11.9 Å². The molecule has 0 aromatic heterocycles. The number of phenolic OH excluding ortho intramolecular Hbond substituents is 1. The summed E-state index contributed by atoms with van der Waals surface area (Å²) in [6.45, 7) is 1.28. The molecule has 8 nitrogen and oxygen atoms in total. The van der Waals surface area contributed by atoms with E-state index in [1.54, 1.807) is 18.2 Å². The van der Waals surface area contributed by atoms with Crippen molar-refractivity contribution in [2.24, 2.45) is 0 Å². The first-order valence-corrected chi connectivity index (χ1v) is 11.1. The molecule has 182 valence electrons. The number of rotatable bonds is 6. The van der Waals surface area contributed by atoms with E-state index in [9.17, 15) is 19.5 Å². The van der Waals surface area contributed by atoms with Crippen LogP contribution in [0.2, 0.25) is 10.0 Å². The summed E-state index contributed by atoms with van der Waals surface area (Å²) in [4.78, 5) is 36.1. The predicted molar refractivity (Wildman–Crippen MR) is 129 cm³/mol. The first-order valence-electron chi connectivity index (χ1n) is 10.3. The Morgan fingerprint density at radius 3 is 2.26 bits per heavy atom. The number of likely N-dealkylation sites (N-methyl/N-ethyl adjacent to an activating group) is 1. The lowest BCUT2D eigenvalue weighted by Gasteiger charge is -2.39. The number of carbonyl (C=O) groups excluding carboxylic acids is 1. The van der Waals surface area contributed by atoms with Crippen LogP contribution in [0.15, 0.2) is 48.6 Å². The van der Waals surface area contributed by atoms with Gasteiger partial charge in [-0.1, -0.05) is 41.4 Å². The summed E-state index contributed by atoms with van der Waals surface area (Å²) >= 11 is 12.0. The largest absolute Gasteiger partial charge is 0.508 e. The van der Waals surface area contributed by atoms with Crippen LogP contribution in [0.25, 0.3) is 0 Å². The number of aromatic hydroxyl groups is 1. The number of benzene rings is 2. The third kappa shape index (κ3) is 7.76. The first-order chi connectivity index (χ1) is 16.0. The van der Waals surface area contributed by atoms with Gasteiger partial charge in [0, 0.05) is 30.8 Å². The van der Waals surface area contributed by atoms with Crippen molar-refractivity contribution in [3.05, 3.63) is 75.3 Å². The average molecular weight is 509 g/mol. The fourth-order valence-electron chi connectivity index (χ4n) is 3.64. The molecule has 0 saturated carbocycles. The fraction of sp³-hybridized carbons (Fsp3) is 0.292. The number of carboxylic acids is 2. The summed E-state index contributed by atoms with van der Waals surface area (Å²) in [5, 5.41) is 26.7. The maximum absolute atomic E-state index is 13.0. The van der Waals surface area contributed by atoms with Crippen molar-refractivity contribution in [3.63, 3.8) is 0 Å². The second-order valence-electron chi connectivity index (χ2n) is 7.90. The highest BCUT2D eigenvalue weighted by atomic mass is 35.5. The monoisotopic (exact) mass is 508 g/mol. The third-order valence-corrected chi connectivity index (χ3v) is 5.83. The number of amides is 1. The van der Waals surface area contributed by atoms with Crippen LogP contribution in [0.4, 0.5) is 0 Å². The molecule has 1 heterocycles. The number of hydrogen-bond donors (Lipinski definition) is 3. The molecular formula is C24H26Cl2N2O6. The number of fused-ring (bicyclic) bond motifs is 1. The molecule has 2 aromatic rings. The third-order valence-electron chi connectivity index (χ3n) is 5.09. The van der Waals surface area contributed by atoms with Crippen molar-refractivity contribution in [1.29, 1.82) is 0 Å². The number of carbonyl (C=O) groups is 3. The van der Waals surface area contributed by atoms with Crippen LogP contribution in [0, 0.1) is 0 Å². The normalized spacial score (nSPS) is 15.0. The molecule has 0 aliphatic carbocycles. The number of phenols is 1. The molecular weight excluding hydrogens is 483 g/mol. The van der Waals surface area contributed by atoms with E-state index in [2.05, 4.69) is 4.90 Å². The number of nitrogens with zero attached hydrogens (tertiary/aromatic N) is 2. The van der Waals surface area contributed by atoms with E-state index in [1.807, 2.05) is 37.2 Å². The molecule has 10 heteroatoms. The first kappa shape index (κ1) is 27.2. The lowest BCUT2D eigenvalue weighted by atomic mass is 9.91. The highest BCUT2D eigenvalue weighted by Crippen LogP contribution is 2.35. The number of halogens is 2. The SMILES string of the molecule is CN(C)CC1c2cccc(O)c2CCN1C(=O)Cc1ccc(Cl)c(Cl)c1.O=C(O)/C=C/C(=O)O.